The third-order valence-electron chi connectivity index (χ3n) is 4.47. The van der Waals surface area contributed by atoms with Crippen molar-refractivity contribution in [2.45, 2.75) is 13.2 Å². The van der Waals surface area contributed by atoms with Crippen LogP contribution in [-0.2, 0) is 22.7 Å². The van der Waals surface area contributed by atoms with Crippen LogP contribution in [0.25, 0.3) is 0 Å². The second-order valence-electron chi connectivity index (χ2n) is 6.32. The first-order valence-corrected chi connectivity index (χ1v) is 9.31. The molecule has 0 bridgehead atoms. The lowest BCUT2D eigenvalue weighted by molar-refractivity contribution is 0.0422. The van der Waals surface area contributed by atoms with Gasteiger partial charge in [-0.15, -0.1) is 0 Å². The number of benzene rings is 3. The van der Waals surface area contributed by atoms with Crippen molar-refractivity contribution >= 4 is 11.9 Å². The number of rotatable bonds is 8. The summed E-state index contributed by atoms with van der Waals surface area (Å²) in [7, 11) is 3.10. The number of carbonyl (C=O) groups excluding carboxylic acids is 2. The summed E-state index contributed by atoms with van der Waals surface area (Å²) in [6, 6.07) is 20.9. The minimum atomic E-state index is -0.620. The maximum atomic E-state index is 12.6. The molecule has 0 fully saturated rings. The van der Waals surface area contributed by atoms with Gasteiger partial charge in [0.25, 0.3) is 0 Å². The Morgan fingerprint density at radius 3 is 1.37 bits per heavy atom. The zero-order valence-electron chi connectivity index (χ0n) is 16.8. The van der Waals surface area contributed by atoms with Crippen molar-refractivity contribution in [3.05, 3.63) is 95.1 Å². The Kier molecular flexibility index (Phi) is 7.05. The van der Waals surface area contributed by atoms with Crippen LogP contribution in [0.1, 0.15) is 31.8 Å². The standard InChI is InChI=1S/C24H22O6/c1-27-21-13-7-3-9-17(21)15-29-23(25)19-11-5-6-12-20(19)24(26)30-16-18-10-4-8-14-22(18)28-2/h3-14H,15-16H2,1-2H3. The summed E-state index contributed by atoms with van der Waals surface area (Å²) in [5.74, 6) is 0.00102. The van der Waals surface area contributed by atoms with Gasteiger partial charge in [0.1, 0.15) is 24.7 Å². The van der Waals surface area contributed by atoms with Gasteiger partial charge in [0.05, 0.1) is 25.3 Å². The van der Waals surface area contributed by atoms with Gasteiger partial charge < -0.3 is 18.9 Å². The van der Waals surface area contributed by atoms with Crippen molar-refractivity contribution in [1.29, 1.82) is 0 Å². The molecule has 0 spiro atoms. The summed E-state index contributed by atoms with van der Waals surface area (Å²) in [5.41, 5.74) is 1.73. The van der Waals surface area contributed by atoms with E-state index in [0.717, 1.165) is 11.1 Å². The first-order valence-electron chi connectivity index (χ1n) is 9.31. The first kappa shape index (κ1) is 20.9. The minimum Gasteiger partial charge on any atom is -0.496 e. The van der Waals surface area contributed by atoms with E-state index < -0.39 is 11.9 Å². The lowest BCUT2D eigenvalue weighted by atomic mass is 10.1. The molecule has 6 heteroatoms. The van der Waals surface area contributed by atoms with Crippen LogP contribution < -0.4 is 9.47 Å². The van der Waals surface area contributed by atoms with E-state index in [-0.39, 0.29) is 24.3 Å². The molecular weight excluding hydrogens is 384 g/mol. The summed E-state index contributed by atoms with van der Waals surface area (Å²) >= 11 is 0. The van der Waals surface area contributed by atoms with Crippen molar-refractivity contribution in [3.8, 4) is 11.5 Å². The van der Waals surface area contributed by atoms with Crippen LogP contribution in [0.15, 0.2) is 72.8 Å². The zero-order valence-corrected chi connectivity index (χ0v) is 16.8. The molecule has 0 amide bonds. The molecule has 3 rings (SSSR count). The van der Waals surface area contributed by atoms with Gasteiger partial charge in [-0.3, -0.25) is 0 Å². The fourth-order valence-corrected chi connectivity index (χ4v) is 2.93. The van der Waals surface area contributed by atoms with Gasteiger partial charge >= 0.3 is 11.9 Å². The van der Waals surface area contributed by atoms with E-state index in [1.165, 1.54) is 12.1 Å². The van der Waals surface area contributed by atoms with Crippen molar-refractivity contribution in [3.63, 3.8) is 0 Å². The van der Waals surface area contributed by atoms with E-state index >= 15 is 0 Å². The number of para-hydroxylation sites is 2. The maximum Gasteiger partial charge on any atom is 0.339 e. The molecule has 0 aromatic heterocycles. The van der Waals surface area contributed by atoms with Gasteiger partial charge in [0.2, 0.25) is 0 Å². The Balaban J connectivity index is 1.70. The predicted octanol–water partition coefficient (Wildman–Crippen LogP) is 4.42. The topological polar surface area (TPSA) is 71.1 Å². The van der Waals surface area contributed by atoms with Crippen LogP contribution >= 0.6 is 0 Å². The largest absolute Gasteiger partial charge is 0.496 e. The molecule has 0 atom stereocenters. The van der Waals surface area contributed by atoms with Crippen molar-refractivity contribution in [1.82, 2.24) is 0 Å². The third kappa shape index (κ3) is 4.97. The van der Waals surface area contributed by atoms with Gasteiger partial charge in [0.15, 0.2) is 0 Å². The average Bonchev–Trinajstić information content (AvgIpc) is 2.81. The molecule has 30 heavy (non-hydrogen) atoms. The van der Waals surface area contributed by atoms with E-state index in [1.54, 1.807) is 50.6 Å². The second-order valence-corrected chi connectivity index (χ2v) is 6.32. The van der Waals surface area contributed by atoms with Crippen molar-refractivity contribution in [2.75, 3.05) is 14.2 Å². The number of ether oxygens (including phenoxy) is 4. The van der Waals surface area contributed by atoms with E-state index in [4.69, 9.17) is 18.9 Å². The Hall–Kier alpha value is -3.80. The van der Waals surface area contributed by atoms with Gasteiger partial charge in [0, 0.05) is 11.1 Å². The summed E-state index contributed by atoms with van der Waals surface area (Å²) in [5, 5.41) is 0. The molecular formula is C24H22O6. The van der Waals surface area contributed by atoms with Crippen LogP contribution in [0.5, 0.6) is 11.5 Å². The van der Waals surface area contributed by atoms with Crippen molar-refractivity contribution in [2.24, 2.45) is 0 Å². The number of hydrogen-bond acceptors (Lipinski definition) is 6. The number of hydrogen-bond donors (Lipinski definition) is 0. The molecule has 0 unspecified atom stereocenters. The van der Waals surface area contributed by atoms with E-state index in [2.05, 4.69) is 0 Å². The highest BCUT2D eigenvalue weighted by atomic mass is 16.5. The van der Waals surface area contributed by atoms with Crippen LogP contribution in [0.2, 0.25) is 0 Å². The monoisotopic (exact) mass is 406 g/mol. The number of esters is 2. The summed E-state index contributed by atoms with van der Waals surface area (Å²) in [6.45, 7) is 0.0425. The van der Waals surface area contributed by atoms with E-state index in [1.807, 2.05) is 24.3 Å². The minimum absolute atomic E-state index is 0.0213. The highest BCUT2D eigenvalue weighted by Gasteiger charge is 2.20. The molecule has 0 saturated carbocycles. The predicted molar refractivity (Wildman–Crippen MR) is 111 cm³/mol. The van der Waals surface area contributed by atoms with Crippen LogP contribution in [-0.4, -0.2) is 26.2 Å². The van der Waals surface area contributed by atoms with Gasteiger partial charge in [-0.05, 0) is 24.3 Å². The summed E-state index contributed by atoms with van der Waals surface area (Å²) in [4.78, 5) is 25.3. The van der Waals surface area contributed by atoms with Gasteiger partial charge in [-0.25, -0.2) is 9.59 Å². The number of carbonyl (C=O) groups is 2. The van der Waals surface area contributed by atoms with Crippen LogP contribution in [0, 0.1) is 0 Å². The zero-order chi connectivity index (χ0) is 21.3. The van der Waals surface area contributed by atoms with E-state index in [0.29, 0.717) is 11.5 Å². The third-order valence-corrected chi connectivity index (χ3v) is 4.47. The fraction of sp³-hybridized carbons (Fsp3) is 0.167. The molecule has 0 heterocycles. The molecule has 3 aromatic rings. The smallest absolute Gasteiger partial charge is 0.339 e. The highest BCUT2D eigenvalue weighted by molar-refractivity contribution is 6.03. The highest BCUT2D eigenvalue weighted by Crippen LogP contribution is 2.21. The van der Waals surface area contributed by atoms with Crippen molar-refractivity contribution < 1.29 is 28.5 Å². The molecule has 0 saturated heterocycles. The lowest BCUT2D eigenvalue weighted by Gasteiger charge is -2.12. The Morgan fingerprint density at radius 1 is 0.600 bits per heavy atom. The first-order chi connectivity index (χ1) is 14.6. The normalized spacial score (nSPS) is 10.2. The molecule has 0 aliphatic heterocycles. The fourth-order valence-electron chi connectivity index (χ4n) is 2.93. The second kappa shape index (κ2) is 10.1. The molecule has 0 aliphatic carbocycles. The van der Waals surface area contributed by atoms with Crippen LogP contribution in [0.3, 0.4) is 0 Å². The maximum absolute atomic E-state index is 12.6. The van der Waals surface area contributed by atoms with Gasteiger partial charge in [-0.1, -0.05) is 48.5 Å². The van der Waals surface area contributed by atoms with Crippen LogP contribution in [0.4, 0.5) is 0 Å². The molecule has 3 aromatic carbocycles. The lowest BCUT2D eigenvalue weighted by Crippen LogP contribution is -2.14. The SMILES string of the molecule is COc1ccccc1COC(=O)c1ccccc1C(=O)OCc1ccccc1OC. The molecule has 0 aliphatic rings. The molecule has 0 radical (unpaired) electrons. The summed E-state index contributed by atoms with van der Waals surface area (Å²) in [6.07, 6.45) is 0. The Labute approximate surface area is 175 Å². The number of methoxy groups -OCH3 is 2. The molecule has 0 N–H and O–H groups in total. The van der Waals surface area contributed by atoms with Gasteiger partial charge in [-0.2, -0.15) is 0 Å². The molecule has 154 valence electrons. The van der Waals surface area contributed by atoms with E-state index in [9.17, 15) is 9.59 Å². The molecule has 6 nitrogen and oxygen atoms in total. The average molecular weight is 406 g/mol. The Morgan fingerprint density at radius 2 is 0.967 bits per heavy atom. The summed E-state index contributed by atoms with van der Waals surface area (Å²) < 4.78 is 21.3. The Bertz CT molecular complexity index is 945. The quantitative estimate of drug-likeness (QED) is 0.516.